The summed E-state index contributed by atoms with van der Waals surface area (Å²) in [5.41, 5.74) is 5.83. The van der Waals surface area contributed by atoms with Gasteiger partial charge in [0.15, 0.2) is 11.5 Å². The molecule has 1 amide bonds. The second kappa shape index (κ2) is 4.95. The minimum Gasteiger partial charge on any atom is -0.491 e. The number of hydrogen-bond donors (Lipinski definition) is 1. The molecule has 1 aromatic heterocycles. The zero-order valence-corrected chi connectivity index (χ0v) is 10.3. The van der Waals surface area contributed by atoms with E-state index in [1.54, 1.807) is 12.3 Å². The third-order valence-electron chi connectivity index (χ3n) is 2.57. The van der Waals surface area contributed by atoms with E-state index >= 15 is 0 Å². The third-order valence-corrected chi connectivity index (χ3v) is 2.57. The number of methoxy groups -OCH3 is 1. The van der Waals surface area contributed by atoms with Crippen LogP contribution in [0, 0.1) is 0 Å². The molecule has 0 aliphatic heterocycles. The highest BCUT2D eigenvalue weighted by Gasteiger charge is 2.15. The molecule has 2 aromatic rings. The lowest BCUT2D eigenvalue weighted by Gasteiger charge is -2.10. The molecule has 1 aromatic carbocycles. The summed E-state index contributed by atoms with van der Waals surface area (Å²) >= 11 is 0. The van der Waals surface area contributed by atoms with Gasteiger partial charge >= 0.3 is 6.09 Å². The van der Waals surface area contributed by atoms with E-state index in [9.17, 15) is 4.79 Å². The number of aryl methyl sites for hydroxylation is 1. The van der Waals surface area contributed by atoms with Gasteiger partial charge in [0.05, 0.1) is 13.3 Å². The molecule has 0 fully saturated rings. The highest BCUT2D eigenvalue weighted by molar-refractivity contribution is 5.88. The molecule has 0 aliphatic carbocycles. The van der Waals surface area contributed by atoms with E-state index in [1.807, 2.05) is 10.7 Å². The molecule has 0 spiro atoms. The van der Waals surface area contributed by atoms with Crippen LogP contribution in [0.25, 0.3) is 10.9 Å². The van der Waals surface area contributed by atoms with E-state index in [0.29, 0.717) is 11.5 Å². The normalized spacial score (nSPS) is 10.6. The molecule has 0 radical (unpaired) electrons. The van der Waals surface area contributed by atoms with Crippen molar-refractivity contribution in [2.24, 2.45) is 5.73 Å². The number of carbonyl (C=O) groups is 1. The number of rotatable bonds is 4. The molecule has 1 heterocycles. The van der Waals surface area contributed by atoms with Crippen LogP contribution in [0.5, 0.6) is 11.5 Å². The lowest BCUT2D eigenvalue weighted by atomic mass is 10.2. The Labute approximate surface area is 104 Å². The molecule has 0 saturated carbocycles. The van der Waals surface area contributed by atoms with Crippen molar-refractivity contribution < 1.29 is 14.3 Å². The summed E-state index contributed by atoms with van der Waals surface area (Å²) in [5.74, 6) is 0.771. The number of nitrogens with zero attached hydrogens (tertiary/aromatic N) is 2. The minimum absolute atomic E-state index is 0.301. The number of nitrogens with two attached hydrogens (primary N) is 1. The third kappa shape index (κ3) is 2.09. The zero-order chi connectivity index (χ0) is 13.1. The number of hydrogen-bond acceptors (Lipinski definition) is 4. The Balaban J connectivity index is 2.60. The summed E-state index contributed by atoms with van der Waals surface area (Å²) in [6.45, 7) is 2.82. The molecule has 0 aliphatic rings. The van der Waals surface area contributed by atoms with E-state index < -0.39 is 6.09 Å². The van der Waals surface area contributed by atoms with Crippen LogP contribution in [-0.2, 0) is 6.54 Å². The summed E-state index contributed by atoms with van der Waals surface area (Å²) in [6, 6.07) is 3.46. The number of amides is 1. The fourth-order valence-corrected chi connectivity index (χ4v) is 1.90. The van der Waals surface area contributed by atoms with Crippen molar-refractivity contribution in [3.8, 4) is 11.5 Å². The average Bonchev–Trinajstić information content (AvgIpc) is 2.72. The Morgan fingerprint density at radius 2 is 2.28 bits per heavy atom. The minimum atomic E-state index is -0.866. The van der Waals surface area contributed by atoms with Gasteiger partial charge in [-0.3, -0.25) is 4.68 Å². The van der Waals surface area contributed by atoms with Gasteiger partial charge in [0.2, 0.25) is 0 Å². The van der Waals surface area contributed by atoms with Crippen LogP contribution in [0.1, 0.15) is 13.3 Å². The summed E-state index contributed by atoms with van der Waals surface area (Å²) in [7, 11) is 1.52. The van der Waals surface area contributed by atoms with Crippen LogP contribution in [0.2, 0.25) is 0 Å². The van der Waals surface area contributed by atoms with Crippen molar-refractivity contribution in [3.63, 3.8) is 0 Å². The van der Waals surface area contributed by atoms with Crippen molar-refractivity contribution in [2.45, 2.75) is 19.9 Å². The van der Waals surface area contributed by atoms with Crippen LogP contribution in [-0.4, -0.2) is 23.0 Å². The molecule has 0 saturated heterocycles. The van der Waals surface area contributed by atoms with E-state index in [4.69, 9.17) is 15.2 Å². The van der Waals surface area contributed by atoms with Gasteiger partial charge in [-0.25, -0.2) is 4.79 Å². The Hall–Kier alpha value is -2.24. The highest BCUT2D eigenvalue weighted by atomic mass is 16.6. The van der Waals surface area contributed by atoms with Crippen LogP contribution in [0.15, 0.2) is 18.3 Å². The lowest BCUT2D eigenvalue weighted by molar-refractivity contribution is 0.209. The second-order valence-corrected chi connectivity index (χ2v) is 3.82. The summed E-state index contributed by atoms with van der Waals surface area (Å²) in [4.78, 5) is 10.8. The van der Waals surface area contributed by atoms with Crippen LogP contribution in [0.4, 0.5) is 4.79 Å². The number of carbonyl (C=O) groups excluding carboxylic acids is 1. The predicted molar refractivity (Wildman–Crippen MR) is 66.8 cm³/mol. The zero-order valence-electron chi connectivity index (χ0n) is 10.3. The largest absolute Gasteiger partial charge is 0.491 e. The first-order chi connectivity index (χ1) is 8.67. The van der Waals surface area contributed by atoms with Gasteiger partial charge in [0.1, 0.15) is 5.52 Å². The predicted octanol–water partition coefficient (Wildman–Crippen LogP) is 1.91. The van der Waals surface area contributed by atoms with Crippen molar-refractivity contribution in [1.29, 1.82) is 0 Å². The fourth-order valence-electron chi connectivity index (χ4n) is 1.90. The van der Waals surface area contributed by atoms with Gasteiger partial charge in [-0.2, -0.15) is 5.10 Å². The first-order valence-electron chi connectivity index (χ1n) is 5.67. The maximum Gasteiger partial charge on any atom is 0.410 e. The first-order valence-corrected chi connectivity index (χ1v) is 5.67. The monoisotopic (exact) mass is 249 g/mol. The molecular formula is C12H15N3O3. The maximum atomic E-state index is 10.8. The number of benzene rings is 1. The molecule has 2 N–H and O–H groups in total. The molecule has 0 atom stereocenters. The number of fused-ring (bicyclic) bond motifs is 1. The Morgan fingerprint density at radius 3 is 2.89 bits per heavy atom. The molecule has 0 bridgehead atoms. The summed E-state index contributed by atoms with van der Waals surface area (Å²) in [5, 5.41) is 5.21. The first kappa shape index (κ1) is 12.2. The van der Waals surface area contributed by atoms with Crippen molar-refractivity contribution in [3.05, 3.63) is 18.3 Å². The lowest BCUT2D eigenvalue weighted by Crippen LogP contribution is -2.16. The molecular weight excluding hydrogens is 234 g/mol. The molecule has 2 rings (SSSR count). The topological polar surface area (TPSA) is 79.4 Å². The average molecular weight is 249 g/mol. The van der Waals surface area contributed by atoms with Gasteiger partial charge in [0, 0.05) is 11.9 Å². The fraction of sp³-hybridized carbons (Fsp3) is 0.333. The van der Waals surface area contributed by atoms with E-state index in [1.165, 1.54) is 7.11 Å². The molecule has 0 unspecified atom stereocenters. The summed E-state index contributed by atoms with van der Waals surface area (Å²) in [6.07, 6.45) is 1.83. The molecule has 6 heteroatoms. The van der Waals surface area contributed by atoms with E-state index in [0.717, 1.165) is 23.9 Å². The number of primary amides is 1. The second-order valence-electron chi connectivity index (χ2n) is 3.82. The number of aromatic nitrogens is 2. The highest BCUT2D eigenvalue weighted by Crippen LogP contribution is 2.35. The number of ether oxygens (including phenoxy) is 2. The Bertz CT molecular complexity index is 577. The van der Waals surface area contributed by atoms with Gasteiger partial charge in [-0.1, -0.05) is 6.92 Å². The SMILES string of the molecule is CCCn1ncc2ccc(OC(N)=O)c(OC)c21. The van der Waals surface area contributed by atoms with Gasteiger partial charge < -0.3 is 15.2 Å². The molecule has 6 nitrogen and oxygen atoms in total. The molecule has 18 heavy (non-hydrogen) atoms. The Morgan fingerprint density at radius 1 is 1.50 bits per heavy atom. The van der Waals surface area contributed by atoms with Crippen LogP contribution >= 0.6 is 0 Å². The van der Waals surface area contributed by atoms with Gasteiger partial charge in [0.25, 0.3) is 0 Å². The van der Waals surface area contributed by atoms with E-state index in [-0.39, 0.29) is 0 Å². The standard InChI is InChI=1S/C12H15N3O3/c1-3-6-15-10-8(7-14-15)4-5-9(11(10)17-2)18-12(13)16/h4-5,7H,3,6H2,1-2H3,(H2,13,16). The van der Waals surface area contributed by atoms with E-state index in [2.05, 4.69) is 12.0 Å². The van der Waals surface area contributed by atoms with Crippen molar-refractivity contribution >= 4 is 17.0 Å². The van der Waals surface area contributed by atoms with Gasteiger partial charge in [-0.15, -0.1) is 0 Å². The Kier molecular flexibility index (Phi) is 3.36. The quantitative estimate of drug-likeness (QED) is 0.897. The summed E-state index contributed by atoms with van der Waals surface area (Å²) < 4.78 is 12.1. The van der Waals surface area contributed by atoms with Crippen LogP contribution < -0.4 is 15.2 Å². The van der Waals surface area contributed by atoms with Crippen molar-refractivity contribution in [2.75, 3.05) is 7.11 Å². The molecule has 96 valence electrons. The van der Waals surface area contributed by atoms with Gasteiger partial charge in [-0.05, 0) is 18.6 Å². The smallest absolute Gasteiger partial charge is 0.410 e. The van der Waals surface area contributed by atoms with Crippen molar-refractivity contribution in [1.82, 2.24) is 9.78 Å². The maximum absolute atomic E-state index is 10.8. The van der Waals surface area contributed by atoms with Crippen LogP contribution in [0.3, 0.4) is 0 Å².